The predicted molar refractivity (Wildman–Crippen MR) is 95.0 cm³/mol. The second-order valence-electron chi connectivity index (χ2n) is 8.03. The van der Waals surface area contributed by atoms with Crippen molar-refractivity contribution >= 4 is 6.03 Å². The number of carbonyl (C=O) groups excluding carboxylic acids is 1. The minimum atomic E-state index is 0.0954. The largest absolute Gasteiger partial charge is 0.395 e. The third-order valence-corrected chi connectivity index (χ3v) is 5.88. The van der Waals surface area contributed by atoms with E-state index in [9.17, 15) is 9.90 Å². The zero-order chi connectivity index (χ0) is 17.1. The summed E-state index contributed by atoms with van der Waals surface area (Å²) >= 11 is 0. The Hall–Kier alpha value is -0.850. The van der Waals surface area contributed by atoms with Crippen LogP contribution >= 0.6 is 0 Å². The number of amides is 2. The number of rotatable bonds is 5. The van der Waals surface area contributed by atoms with Gasteiger partial charge in [-0.25, -0.2) is 4.79 Å². The van der Waals surface area contributed by atoms with Gasteiger partial charge in [-0.05, 0) is 45.4 Å². The number of likely N-dealkylation sites (tertiary alicyclic amines) is 1. The molecule has 0 aromatic heterocycles. The number of nitrogens with one attached hydrogen (secondary N) is 1. The molecule has 2 N–H and O–H groups in total. The Bertz CT molecular complexity index is 409. The van der Waals surface area contributed by atoms with Gasteiger partial charge >= 0.3 is 6.03 Å². The lowest BCUT2D eigenvalue weighted by molar-refractivity contribution is 0.0411. The van der Waals surface area contributed by atoms with Crippen LogP contribution in [-0.2, 0) is 0 Å². The van der Waals surface area contributed by atoms with Gasteiger partial charge in [0.05, 0.1) is 6.61 Å². The summed E-state index contributed by atoms with van der Waals surface area (Å²) in [7, 11) is 0. The van der Waals surface area contributed by atoms with E-state index in [4.69, 9.17) is 0 Å². The van der Waals surface area contributed by atoms with E-state index < -0.39 is 0 Å². The smallest absolute Gasteiger partial charge is 0.317 e. The van der Waals surface area contributed by atoms with Crippen LogP contribution in [-0.4, -0.2) is 89.8 Å². The number of hydrogen-bond donors (Lipinski definition) is 2. The van der Waals surface area contributed by atoms with Gasteiger partial charge < -0.3 is 20.2 Å². The zero-order valence-corrected chi connectivity index (χ0v) is 15.3. The van der Waals surface area contributed by atoms with Crippen molar-refractivity contribution in [3.05, 3.63) is 0 Å². The first kappa shape index (κ1) is 18.0. The number of aliphatic hydroxyl groups is 1. The minimum Gasteiger partial charge on any atom is -0.395 e. The normalized spacial score (nSPS) is 30.5. The van der Waals surface area contributed by atoms with Crippen molar-refractivity contribution in [2.24, 2.45) is 5.92 Å². The van der Waals surface area contributed by atoms with Crippen LogP contribution in [0, 0.1) is 5.92 Å². The number of hydrogen-bond acceptors (Lipinski definition) is 4. The molecule has 0 unspecified atom stereocenters. The lowest BCUT2D eigenvalue weighted by Gasteiger charge is -2.44. The number of β-amino-alcohol motifs (C(OH)–C–C–N with tert-alkyl or cyclic N) is 1. The average Bonchev–Trinajstić information content (AvgIpc) is 3.36. The Morgan fingerprint density at radius 3 is 2.25 bits per heavy atom. The van der Waals surface area contributed by atoms with E-state index >= 15 is 0 Å². The third-order valence-electron chi connectivity index (χ3n) is 5.88. The first-order valence-corrected chi connectivity index (χ1v) is 9.71. The summed E-state index contributed by atoms with van der Waals surface area (Å²) in [5.74, 6) is 0.953. The van der Waals surface area contributed by atoms with E-state index in [0.29, 0.717) is 24.7 Å². The maximum absolute atomic E-state index is 12.6. The number of carbonyl (C=O) groups is 1. The van der Waals surface area contributed by atoms with Crippen LogP contribution in [0.4, 0.5) is 4.79 Å². The standard InChI is InChI=1S/C18H34N4O2/c1-14-11-21(12-15(2)22(14)9-10-23)18(24)19-17-5-7-20(8-6-17)13-16-3-4-16/h14-17,23H,3-13H2,1-2H3,(H,19,24)/t14-,15+. The van der Waals surface area contributed by atoms with Crippen molar-refractivity contribution in [2.75, 3.05) is 45.9 Å². The molecule has 0 radical (unpaired) electrons. The molecular weight excluding hydrogens is 304 g/mol. The molecule has 24 heavy (non-hydrogen) atoms. The van der Waals surface area contributed by atoms with Gasteiger partial charge in [0.15, 0.2) is 0 Å². The van der Waals surface area contributed by atoms with Crippen LogP contribution in [0.15, 0.2) is 0 Å². The van der Waals surface area contributed by atoms with Crippen LogP contribution < -0.4 is 5.32 Å². The molecule has 138 valence electrons. The Labute approximate surface area is 146 Å². The fraction of sp³-hybridized carbons (Fsp3) is 0.944. The van der Waals surface area contributed by atoms with Crippen molar-refractivity contribution in [3.8, 4) is 0 Å². The van der Waals surface area contributed by atoms with Gasteiger partial charge in [-0.3, -0.25) is 4.90 Å². The first-order valence-electron chi connectivity index (χ1n) is 9.71. The monoisotopic (exact) mass is 338 g/mol. The molecule has 6 heteroatoms. The number of aliphatic hydroxyl groups excluding tert-OH is 1. The summed E-state index contributed by atoms with van der Waals surface area (Å²) in [6, 6.07) is 1.02. The SMILES string of the molecule is C[C@@H]1CN(C(=O)NC2CCN(CC3CC3)CC2)C[C@H](C)N1CCO. The molecule has 0 spiro atoms. The molecule has 3 rings (SSSR count). The van der Waals surface area contributed by atoms with E-state index in [1.807, 2.05) is 4.90 Å². The fourth-order valence-corrected chi connectivity index (χ4v) is 4.27. The van der Waals surface area contributed by atoms with Gasteiger partial charge in [0.25, 0.3) is 0 Å². The summed E-state index contributed by atoms with van der Waals surface area (Å²) in [5.41, 5.74) is 0. The molecule has 2 saturated heterocycles. The molecular formula is C18H34N4O2. The molecule has 2 atom stereocenters. The maximum atomic E-state index is 12.6. The van der Waals surface area contributed by atoms with Crippen molar-refractivity contribution in [1.82, 2.24) is 20.0 Å². The molecule has 1 saturated carbocycles. The molecule has 0 aromatic rings. The molecule has 0 aromatic carbocycles. The van der Waals surface area contributed by atoms with Crippen LogP contribution in [0.3, 0.4) is 0 Å². The van der Waals surface area contributed by atoms with Crippen LogP contribution in [0.1, 0.15) is 39.5 Å². The second-order valence-corrected chi connectivity index (χ2v) is 8.03. The highest BCUT2D eigenvalue weighted by atomic mass is 16.3. The summed E-state index contributed by atoms with van der Waals surface area (Å²) in [6.45, 7) is 10.2. The fourth-order valence-electron chi connectivity index (χ4n) is 4.27. The molecule has 3 aliphatic rings. The Morgan fingerprint density at radius 2 is 1.71 bits per heavy atom. The lowest BCUT2D eigenvalue weighted by atomic mass is 10.0. The predicted octanol–water partition coefficient (Wildman–Crippen LogP) is 0.957. The molecule has 6 nitrogen and oxygen atoms in total. The number of piperidine rings is 1. The van der Waals surface area contributed by atoms with E-state index in [0.717, 1.165) is 44.9 Å². The van der Waals surface area contributed by atoms with Crippen molar-refractivity contribution in [2.45, 2.75) is 57.7 Å². The van der Waals surface area contributed by atoms with Gasteiger partial charge in [-0.1, -0.05) is 0 Å². The first-order chi connectivity index (χ1) is 11.6. The van der Waals surface area contributed by atoms with Crippen LogP contribution in [0.25, 0.3) is 0 Å². The van der Waals surface area contributed by atoms with Gasteiger partial charge in [-0.15, -0.1) is 0 Å². The van der Waals surface area contributed by atoms with Gasteiger partial charge in [0.2, 0.25) is 0 Å². The zero-order valence-electron chi connectivity index (χ0n) is 15.3. The Kier molecular flexibility index (Phi) is 6.00. The molecule has 3 fully saturated rings. The van der Waals surface area contributed by atoms with Gasteiger partial charge in [0, 0.05) is 57.4 Å². The van der Waals surface area contributed by atoms with E-state index in [1.165, 1.54) is 19.4 Å². The molecule has 2 amide bonds. The lowest BCUT2D eigenvalue weighted by Crippen LogP contribution is -2.61. The van der Waals surface area contributed by atoms with E-state index in [-0.39, 0.29) is 12.6 Å². The summed E-state index contributed by atoms with van der Waals surface area (Å²) < 4.78 is 0. The third kappa shape index (κ3) is 4.61. The highest BCUT2D eigenvalue weighted by Crippen LogP contribution is 2.30. The second kappa shape index (κ2) is 8.02. The van der Waals surface area contributed by atoms with Gasteiger partial charge in [0.1, 0.15) is 0 Å². The van der Waals surface area contributed by atoms with Crippen LogP contribution in [0.5, 0.6) is 0 Å². The number of urea groups is 1. The maximum Gasteiger partial charge on any atom is 0.317 e. The molecule has 2 aliphatic heterocycles. The minimum absolute atomic E-state index is 0.0954. The van der Waals surface area contributed by atoms with Crippen molar-refractivity contribution < 1.29 is 9.90 Å². The Balaban J connectivity index is 1.42. The van der Waals surface area contributed by atoms with E-state index in [2.05, 4.69) is 29.0 Å². The number of nitrogens with zero attached hydrogens (tertiary/aromatic N) is 3. The highest BCUT2D eigenvalue weighted by Gasteiger charge is 2.33. The van der Waals surface area contributed by atoms with E-state index in [1.54, 1.807) is 0 Å². The summed E-state index contributed by atoms with van der Waals surface area (Å²) in [5, 5.41) is 12.4. The summed E-state index contributed by atoms with van der Waals surface area (Å²) in [6.07, 6.45) is 4.98. The summed E-state index contributed by atoms with van der Waals surface area (Å²) in [4.78, 5) is 19.4. The van der Waals surface area contributed by atoms with Crippen molar-refractivity contribution in [3.63, 3.8) is 0 Å². The van der Waals surface area contributed by atoms with Crippen molar-refractivity contribution in [1.29, 1.82) is 0 Å². The highest BCUT2D eigenvalue weighted by molar-refractivity contribution is 5.74. The topological polar surface area (TPSA) is 59.1 Å². The molecule has 2 heterocycles. The Morgan fingerprint density at radius 1 is 1.08 bits per heavy atom. The number of piperazine rings is 1. The molecule has 0 bridgehead atoms. The van der Waals surface area contributed by atoms with Crippen LogP contribution in [0.2, 0.25) is 0 Å². The molecule has 1 aliphatic carbocycles. The quantitative estimate of drug-likeness (QED) is 0.784. The van der Waals surface area contributed by atoms with Gasteiger partial charge in [-0.2, -0.15) is 0 Å². The average molecular weight is 338 g/mol.